The van der Waals surface area contributed by atoms with Gasteiger partial charge in [-0.05, 0) is 22.4 Å². The van der Waals surface area contributed by atoms with E-state index >= 15 is 0 Å². The van der Waals surface area contributed by atoms with Crippen molar-refractivity contribution in [2.24, 2.45) is 0 Å². The summed E-state index contributed by atoms with van der Waals surface area (Å²) in [4.78, 5) is 13.6. The van der Waals surface area contributed by atoms with Crippen molar-refractivity contribution in [3.63, 3.8) is 0 Å². The van der Waals surface area contributed by atoms with Gasteiger partial charge in [-0.2, -0.15) is 0 Å². The Morgan fingerprint density at radius 3 is 3.00 bits per heavy atom. The first-order chi connectivity index (χ1) is 8.74. The highest BCUT2D eigenvalue weighted by atomic mass is 32.1. The summed E-state index contributed by atoms with van der Waals surface area (Å²) < 4.78 is 4.67. The number of thiazole rings is 1. The van der Waals surface area contributed by atoms with Gasteiger partial charge in [0.15, 0.2) is 11.0 Å². The highest BCUT2D eigenvalue weighted by Gasteiger charge is 2.09. The summed E-state index contributed by atoms with van der Waals surface area (Å²) in [5.74, 6) is 0. The standard InChI is InChI=1S/C10H9N5O2S/c11-6-1-2-7(9-8(6)14-17-15-9)12-3-5-4-18-10(16)13-5/h1-2,4,12H,3,11H2,(H,13,16). The molecule has 0 fully saturated rings. The van der Waals surface area contributed by atoms with Gasteiger partial charge in [-0.3, -0.25) is 4.79 Å². The van der Waals surface area contributed by atoms with Crippen molar-refractivity contribution in [2.75, 3.05) is 11.1 Å². The topological polar surface area (TPSA) is 110 Å². The Morgan fingerprint density at radius 2 is 2.22 bits per heavy atom. The van der Waals surface area contributed by atoms with Gasteiger partial charge in [0, 0.05) is 11.1 Å². The number of nitrogen functional groups attached to an aromatic ring is 1. The number of fused-ring (bicyclic) bond motifs is 1. The molecule has 4 N–H and O–H groups in total. The fourth-order valence-electron chi connectivity index (χ4n) is 1.62. The Bertz CT molecular complexity index is 744. The van der Waals surface area contributed by atoms with E-state index in [-0.39, 0.29) is 4.87 Å². The van der Waals surface area contributed by atoms with Crippen LogP contribution in [-0.4, -0.2) is 15.3 Å². The number of nitrogens with two attached hydrogens (primary N) is 1. The minimum Gasteiger partial charge on any atom is -0.397 e. The molecular formula is C10H9N5O2S. The van der Waals surface area contributed by atoms with E-state index in [0.29, 0.717) is 23.3 Å². The number of benzene rings is 1. The number of aromatic nitrogens is 3. The zero-order valence-electron chi connectivity index (χ0n) is 9.14. The third kappa shape index (κ3) is 1.82. The number of rotatable bonds is 3. The van der Waals surface area contributed by atoms with Crippen LogP contribution in [0.25, 0.3) is 11.0 Å². The van der Waals surface area contributed by atoms with Crippen LogP contribution in [0.3, 0.4) is 0 Å². The molecule has 3 aromatic rings. The van der Waals surface area contributed by atoms with Gasteiger partial charge in [-0.15, -0.1) is 0 Å². The zero-order chi connectivity index (χ0) is 12.5. The van der Waals surface area contributed by atoms with E-state index in [4.69, 9.17) is 5.73 Å². The summed E-state index contributed by atoms with van der Waals surface area (Å²) in [7, 11) is 0. The third-order valence-corrected chi connectivity index (χ3v) is 3.21. The van der Waals surface area contributed by atoms with Crippen LogP contribution >= 0.6 is 11.3 Å². The number of aromatic amines is 1. The van der Waals surface area contributed by atoms with Crippen molar-refractivity contribution in [3.8, 4) is 0 Å². The lowest BCUT2D eigenvalue weighted by Gasteiger charge is -2.05. The van der Waals surface area contributed by atoms with E-state index in [0.717, 1.165) is 22.7 Å². The number of anilines is 2. The molecule has 92 valence electrons. The maximum absolute atomic E-state index is 11.0. The van der Waals surface area contributed by atoms with Crippen LogP contribution in [0.5, 0.6) is 0 Å². The summed E-state index contributed by atoms with van der Waals surface area (Å²) in [6.45, 7) is 0.491. The van der Waals surface area contributed by atoms with Crippen molar-refractivity contribution >= 4 is 33.7 Å². The first-order valence-electron chi connectivity index (χ1n) is 5.15. The molecule has 18 heavy (non-hydrogen) atoms. The highest BCUT2D eigenvalue weighted by molar-refractivity contribution is 7.07. The molecule has 0 amide bonds. The van der Waals surface area contributed by atoms with Crippen molar-refractivity contribution in [1.29, 1.82) is 0 Å². The molecule has 0 bridgehead atoms. The molecule has 0 saturated carbocycles. The number of H-pyrrole nitrogens is 1. The normalized spacial score (nSPS) is 10.9. The van der Waals surface area contributed by atoms with Gasteiger partial charge in [0.05, 0.1) is 17.9 Å². The molecule has 0 aliphatic heterocycles. The van der Waals surface area contributed by atoms with Crippen molar-refractivity contribution in [3.05, 3.63) is 32.9 Å². The van der Waals surface area contributed by atoms with E-state index in [1.165, 1.54) is 0 Å². The molecule has 0 saturated heterocycles. The molecule has 2 aromatic heterocycles. The Balaban J connectivity index is 1.89. The molecule has 0 spiro atoms. The molecule has 0 aliphatic carbocycles. The predicted octanol–water partition coefficient (Wildman–Crippen LogP) is 1.17. The van der Waals surface area contributed by atoms with Crippen molar-refractivity contribution in [2.45, 2.75) is 6.54 Å². The molecule has 0 unspecified atom stereocenters. The molecule has 0 atom stereocenters. The number of hydrogen-bond donors (Lipinski definition) is 3. The van der Waals surface area contributed by atoms with Gasteiger partial charge in [0.1, 0.15) is 0 Å². The fourth-order valence-corrected chi connectivity index (χ4v) is 2.20. The fraction of sp³-hybridized carbons (Fsp3) is 0.100. The average Bonchev–Trinajstić information content (AvgIpc) is 2.98. The number of nitrogens with one attached hydrogen (secondary N) is 2. The predicted molar refractivity (Wildman–Crippen MR) is 68.5 cm³/mol. The smallest absolute Gasteiger partial charge is 0.304 e. The Hall–Kier alpha value is -2.35. The largest absolute Gasteiger partial charge is 0.397 e. The Morgan fingerprint density at radius 1 is 1.39 bits per heavy atom. The van der Waals surface area contributed by atoms with Gasteiger partial charge in [-0.1, -0.05) is 11.3 Å². The minimum absolute atomic E-state index is 0.0719. The van der Waals surface area contributed by atoms with E-state index < -0.39 is 0 Å². The van der Waals surface area contributed by atoms with Gasteiger partial charge < -0.3 is 16.0 Å². The summed E-state index contributed by atoms with van der Waals surface area (Å²) >= 11 is 1.13. The summed E-state index contributed by atoms with van der Waals surface area (Å²) in [5.41, 5.74) is 8.93. The van der Waals surface area contributed by atoms with Crippen molar-refractivity contribution in [1.82, 2.24) is 15.3 Å². The lowest BCUT2D eigenvalue weighted by molar-refractivity contribution is 0.316. The maximum Gasteiger partial charge on any atom is 0.304 e. The summed E-state index contributed by atoms with van der Waals surface area (Å²) in [6.07, 6.45) is 0. The van der Waals surface area contributed by atoms with Crippen molar-refractivity contribution < 1.29 is 4.63 Å². The second-order valence-corrected chi connectivity index (χ2v) is 4.53. The van der Waals surface area contributed by atoms with Crippen LogP contribution < -0.4 is 15.9 Å². The molecule has 1 aromatic carbocycles. The van der Waals surface area contributed by atoms with E-state index in [1.807, 2.05) is 0 Å². The zero-order valence-corrected chi connectivity index (χ0v) is 9.95. The maximum atomic E-state index is 11.0. The van der Waals surface area contributed by atoms with Crippen LogP contribution in [0.1, 0.15) is 5.69 Å². The quantitative estimate of drug-likeness (QED) is 0.612. The first kappa shape index (κ1) is 10.8. The molecule has 2 heterocycles. The SMILES string of the molecule is Nc1ccc(NCc2csc(=O)[nH]2)c2nonc12. The van der Waals surface area contributed by atoms with Gasteiger partial charge >= 0.3 is 4.87 Å². The lowest BCUT2D eigenvalue weighted by atomic mass is 10.2. The van der Waals surface area contributed by atoms with E-state index in [1.54, 1.807) is 17.5 Å². The molecule has 8 heteroatoms. The monoisotopic (exact) mass is 263 g/mol. The molecule has 3 rings (SSSR count). The third-order valence-electron chi connectivity index (χ3n) is 2.49. The number of nitrogens with zero attached hydrogens (tertiary/aromatic N) is 2. The van der Waals surface area contributed by atoms with Crippen LogP contribution in [0.15, 0.2) is 26.9 Å². The molecule has 7 nitrogen and oxygen atoms in total. The Kier molecular flexibility index (Phi) is 2.49. The van der Waals surface area contributed by atoms with Crippen LogP contribution in [0, 0.1) is 0 Å². The first-order valence-corrected chi connectivity index (χ1v) is 6.03. The summed E-state index contributed by atoms with van der Waals surface area (Å²) in [5, 5.41) is 12.4. The summed E-state index contributed by atoms with van der Waals surface area (Å²) in [6, 6.07) is 3.53. The number of hydrogen-bond acceptors (Lipinski definition) is 7. The van der Waals surface area contributed by atoms with Crippen LogP contribution in [0.2, 0.25) is 0 Å². The lowest BCUT2D eigenvalue weighted by Crippen LogP contribution is -2.03. The second-order valence-electron chi connectivity index (χ2n) is 3.69. The van der Waals surface area contributed by atoms with Crippen LogP contribution in [0.4, 0.5) is 11.4 Å². The molecule has 0 radical (unpaired) electrons. The molecular weight excluding hydrogens is 254 g/mol. The second kappa shape index (κ2) is 4.15. The average molecular weight is 263 g/mol. The minimum atomic E-state index is -0.0719. The van der Waals surface area contributed by atoms with Crippen LogP contribution in [-0.2, 0) is 6.54 Å². The van der Waals surface area contributed by atoms with E-state index in [9.17, 15) is 4.79 Å². The van der Waals surface area contributed by atoms with E-state index in [2.05, 4.69) is 25.2 Å². The molecule has 0 aliphatic rings. The van der Waals surface area contributed by atoms with Gasteiger partial charge in [0.25, 0.3) is 0 Å². The Labute approximate surface area is 105 Å². The van der Waals surface area contributed by atoms with Gasteiger partial charge in [0.2, 0.25) is 0 Å². The highest BCUT2D eigenvalue weighted by Crippen LogP contribution is 2.25. The van der Waals surface area contributed by atoms with Gasteiger partial charge in [-0.25, -0.2) is 4.63 Å².